The second-order valence-electron chi connectivity index (χ2n) is 5.90. The molecular formula is C18H12F6N4. The molecule has 28 heavy (non-hydrogen) atoms. The molecule has 0 saturated heterocycles. The third-order valence-corrected chi connectivity index (χ3v) is 3.98. The zero-order valence-corrected chi connectivity index (χ0v) is 13.9. The lowest BCUT2D eigenvalue weighted by Crippen LogP contribution is -2.07. The Balaban J connectivity index is 2.02. The summed E-state index contributed by atoms with van der Waals surface area (Å²) >= 11 is 0. The number of alkyl halides is 6. The Labute approximate surface area is 154 Å². The first-order valence-electron chi connectivity index (χ1n) is 7.75. The maximum Gasteiger partial charge on any atom is 0.416 e. The van der Waals surface area contributed by atoms with Gasteiger partial charge in [-0.05, 0) is 48.5 Å². The van der Waals surface area contributed by atoms with E-state index in [4.69, 9.17) is 11.5 Å². The zero-order valence-electron chi connectivity index (χ0n) is 13.9. The molecule has 10 heteroatoms. The number of hydrogen-bond donors (Lipinski definition) is 2. The molecule has 0 amide bonds. The quantitative estimate of drug-likeness (QED) is 0.470. The molecule has 3 aromatic rings. The molecule has 146 valence electrons. The van der Waals surface area contributed by atoms with Gasteiger partial charge in [-0.25, -0.2) is 0 Å². The highest BCUT2D eigenvalue weighted by molar-refractivity contribution is 5.77. The number of halogens is 6. The van der Waals surface area contributed by atoms with Gasteiger partial charge >= 0.3 is 12.4 Å². The summed E-state index contributed by atoms with van der Waals surface area (Å²) in [5, 5.41) is 7.62. The lowest BCUT2D eigenvalue weighted by atomic mass is 10.0. The van der Waals surface area contributed by atoms with Gasteiger partial charge in [0.05, 0.1) is 22.5 Å². The van der Waals surface area contributed by atoms with Crippen LogP contribution in [0.25, 0.3) is 22.5 Å². The SMILES string of the molecule is Nc1ccc(C(F)(F)F)cc1-c1ccc(-c2cc(C(F)(F)F)ccc2N)nn1. The molecule has 1 aromatic heterocycles. The number of aromatic nitrogens is 2. The minimum absolute atomic E-state index is 0.00545. The molecule has 0 atom stereocenters. The van der Waals surface area contributed by atoms with E-state index in [0.717, 1.165) is 36.4 Å². The van der Waals surface area contributed by atoms with Gasteiger partial charge in [0.25, 0.3) is 0 Å². The molecule has 0 saturated carbocycles. The van der Waals surface area contributed by atoms with Crippen molar-refractivity contribution in [2.45, 2.75) is 12.4 Å². The van der Waals surface area contributed by atoms with Crippen LogP contribution in [-0.4, -0.2) is 10.2 Å². The Hall–Kier alpha value is -3.30. The van der Waals surface area contributed by atoms with E-state index in [-0.39, 0.29) is 33.9 Å². The van der Waals surface area contributed by atoms with Crippen molar-refractivity contribution >= 4 is 11.4 Å². The summed E-state index contributed by atoms with van der Waals surface area (Å²) in [6, 6.07) is 8.15. The number of hydrogen-bond acceptors (Lipinski definition) is 4. The molecule has 0 fully saturated rings. The van der Waals surface area contributed by atoms with Crippen molar-refractivity contribution in [1.82, 2.24) is 10.2 Å². The summed E-state index contributed by atoms with van der Waals surface area (Å²) in [6.45, 7) is 0. The van der Waals surface area contributed by atoms with E-state index in [9.17, 15) is 26.3 Å². The number of nitrogens with zero attached hydrogens (tertiary/aromatic N) is 2. The average molecular weight is 398 g/mol. The van der Waals surface area contributed by atoms with Gasteiger partial charge in [-0.2, -0.15) is 26.3 Å². The number of rotatable bonds is 2. The van der Waals surface area contributed by atoms with Crippen LogP contribution in [0.4, 0.5) is 37.7 Å². The van der Waals surface area contributed by atoms with Crippen molar-refractivity contribution in [2.24, 2.45) is 0 Å². The van der Waals surface area contributed by atoms with E-state index in [2.05, 4.69) is 10.2 Å². The molecule has 0 radical (unpaired) electrons. The van der Waals surface area contributed by atoms with Gasteiger partial charge in [-0.3, -0.25) is 0 Å². The predicted octanol–water partition coefficient (Wildman–Crippen LogP) is 5.01. The smallest absolute Gasteiger partial charge is 0.398 e. The standard InChI is InChI=1S/C18H12F6N4/c19-17(20,21)9-1-3-13(25)11(7-9)15-5-6-16(28-27-15)12-8-10(18(22,23)24)2-4-14(12)26/h1-8H,25-26H2. The van der Waals surface area contributed by atoms with Crippen LogP contribution in [0.5, 0.6) is 0 Å². The van der Waals surface area contributed by atoms with Crippen LogP contribution in [-0.2, 0) is 12.4 Å². The molecule has 0 spiro atoms. The highest BCUT2D eigenvalue weighted by Gasteiger charge is 2.32. The average Bonchev–Trinajstić information content (AvgIpc) is 2.61. The summed E-state index contributed by atoms with van der Waals surface area (Å²) in [6.07, 6.45) is -9.13. The van der Waals surface area contributed by atoms with Crippen LogP contribution in [0.3, 0.4) is 0 Å². The van der Waals surface area contributed by atoms with E-state index in [1.54, 1.807) is 0 Å². The first-order valence-corrected chi connectivity index (χ1v) is 7.75. The fourth-order valence-corrected chi connectivity index (χ4v) is 2.53. The summed E-state index contributed by atoms with van der Waals surface area (Å²) in [5.74, 6) is 0. The number of nitrogen functional groups attached to an aromatic ring is 2. The monoisotopic (exact) mass is 398 g/mol. The Morgan fingerprint density at radius 1 is 0.571 bits per heavy atom. The highest BCUT2D eigenvalue weighted by atomic mass is 19.4. The summed E-state index contributed by atoms with van der Waals surface area (Å²) in [4.78, 5) is 0. The second kappa shape index (κ2) is 6.70. The van der Waals surface area contributed by atoms with Crippen LogP contribution in [0, 0.1) is 0 Å². The number of benzene rings is 2. The Morgan fingerprint density at radius 3 is 1.21 bits per heavy atom. The minimum Gasteiger partial charge on any atom is -0.398 e. The van der Waals surface area contributed by atoms with E-state index in [0.29, 0.717) is 0 Å². The van der Waals surface area contributed by atoms with E-state index >= 15 is 0 Å². The minimum atomic E-state index is -4.57. The lowest BCUT2D eigenvalue weighted by Gasteiger charge is -2.12. The second-order valence-corrected chi connectivity index (χ2v) is 5.90. The Bertz CT molecular complexity index is 928. The van der Waals surface area contributed by atoms with Crippen molar-refractivity contribution in [3.05, 3.63) is 59.7 Å². The summed E-state index contributed by atoms with van der Waals surface area (Å²) < 4.78 is 77.4. The maximum atomic E-state index is 12.9. The molecule has 1 heterocycles. The Kier molecular flexibility index (Phi) is 4.66. The van der Waals surface area contributed by atoms with Crippen LogP contribution < -0.4 is 11.5 Å². The van der Waals surface area contributed by atoms with E-state index < -0.39 is 23.5 Å². The van der Waals surface area contributed by atoms with Gasteiger partial charge < -0.3 is 11.5 Å². The molecule has 0 aliphatic rings. The molecule has 0 aliphatic heterocycles. The van der Waals surface area contributed by atoms with E-state index in [1.165, 1.54) is 12.1 Å². The molecule has 4 N–H and O–H groups in total. The molecule has 0 unspecified atom stereocenters. The maximum absolute atomic E-state index is 12.9. The largest absolute Gasteiger partial charge is 0.416 e. The zero-order chi connectivity index (χ0) is 20.7. The Morgan fingerprint density at radius 2 is 0.929 bits per heavy atom. The molecule has 0 aliphatic carbocycles. The first-order chi connectivity index (χ1) is 13.0. The molecule has 0 bridgehead atoms. The van der Waals surface area contributed by atoms with Crippen molar-refractivity contribution in [1.29, 1.82) is 0 Å². The fraction of sp³-hybridized carbons (Fsp3) is 0.111. The molecule has 2 aromatic carbocycles. The summed E-state index contributed by atoms with van der Waals surface area (Å²) in [5.41, 5.74) is 9.82. The predicted molar refractivity (Wildman–Crippen MR) is 91.7 cm³/mol. The number of nitrogens with two attached hydrogens (primary N) is 2. The van der Waals surface area contributed by atoms with Crippen molar-refractivity contribution < 1.29 is 26.3 Å². The number of anilines is 2. The molecule has 3 rings (SSSR count). The van der Waals surface area contributed by atoms with Gasteiger partial charge in [0, 0.05) is 22.5 Å². The van der Waals surface area contributed by atoms with Gasteiger partial charge in [0.1, 0.15) is 0 Å². The first kappa shape index (κ1) is 19.5. The highest BCUT2D eigenvalue weighted by Crippen LogP contribution is 2.36. The van der Waals surface area contributed by atoms with Crippen molar-refractivity contribution in [3.8, 4) is 22.5 Å². The third-order valence-electron chi connectivity index (χ3n) is 3.98. The van der Waals surface area contributed by atoms with Gasteiger partial charge in [0.2, 0.25) is 0 Å². The van der Waals surface area contributed by atoms with Crippen molar-refractivity contribution in [3.63, 3.8) is 0 Å². The van der Waals surface area contributed by atoms with Gasteiger partial charge in [-0.1, -0.05) is 0 Å². The van der Waals surface area contributed by atoms with Crippen molar-refractivity contribution in [2.75, 3.05) is 11.5 Å². The topological polar surface area (TPSA) is 77.8 Å². The fourth-order valence-electron chi connectivity index (χ4n) is 2.53. The van der Waals surface area contributed by atoms with Crippen LogP contribution in [0.2, 0.25) is 0 Å². The molecule has 4 nitrogen and oxygen atoms in total. The van der Waals surface area contributed by atoms with Crippen LogP contribution in [0.15, 0.2) is 48.5 Å². The summed E-state index contributed by atoms with van der Waals surface area (Å²) in [7, 11) is 0. The van der Waals surface area contributed by atoms with Gasteiger partial charge in [-0.15, -0.1) is 10.2 Å². The molecular weight excluding hydrogens is 386 g/mol. The van der Waals surface area contributed by atoms with Crippen LogP contribution >= 0.6 is 0 Å². The normalized spacial score (nSPS) is 12.2. The van der Waals surface area contributed by atoms with E-state index in [1.807, 2.05) is 0 Å². The van der Waals surface area contributed by atoms with Gasteiger partial charge in [0.15, 0.2) is 0 Å². The third kappa shape index (κ3) is 3.85. The lowest BCUT2D eigenvalue weighted by molar-refractivity contribution is -0.138. The van der Waals surface area contributed by atoms with Crippen LogP contribution in [0.1, 0.15) is 11.1 Å².